The van der Waals surface area contributed by atoms with Crippen LogP contribution in [0, 0.1) is 0 Å². The van der Waals surface area contributed by atoms with Crippen LogP contribution in [0.25, 0.3) is 97.8 Å². The number of aromatic nitrogens is 3. The van der Waals surface area contributed by atoms with Gasteiger partial charge < -0.3 is 0 Å². The molecule has 0 N–H and O–H groups in total. The van der Waals surface area contributed by atoms with Crippen LogP contribution in [0.2, 0.25) is 0 Å². The van der Waals surface area contributed by atoms with Gasteiger partial charge in [-0.1, -0.05) is 133 Å². The summed E-state index contributed by atoms with van der Waals surface area (Å²) in [6.07, 6.45) is 0. The average Bonchev–Trinajstić information content (AvgIpc) is 3.62. The van der Waals surface area contributed by atoms with Crippen LogP contribution >= 0.6 is 11.3 Å². The minimum Gasteiger partial charge on any atom is -0.235 e. The van der Waals surface area contributed by atoms with Crippen molar-refractivity contribution in [3.8, 4) is 44.5 Å². The second kappa shape index (κ2) is 11.2. The Labute approximate surface area is 286 Å². The van der Waals surface area contributed by atoms with E-state index in [9.17, 15) is 0 Å². The fourth-order valence-electron chi connectivity index (χ4n) is 6.95. The molecular formula is C45H27N3S. The molecule has 0 spiro atoms. The maximum absolute atomic E-state index is 5.20. The van der Waals surface area contributed by atoms with E-state index < -0.39 is 0 Å². The first-order valence-corrected chi connectivity index (χ1v) is 17.2. The van der Waals surface area contributed by atoms with E-state index in [1.54, 1.807) is 11.3 Å². The standard InChI is InChI=1S/C45H27N3S/c1-2-10-31(11-3-1)45-48-43-41(49-45)23-21-30-16-17-34-26-37(20-22-38(34)42(30)43)44-46-39(35-18-14-28-8-4-6-12-32(28)24-35)27-40(47-44)36-19-15-29-9-5-7-13-33(29)25-36/h1-27H. The van der Waals surface area contributed by atoms with Crippen LogP contribution in [0.5, 0.6) is 0 Å². The Bertz CT molecular complexity index is 2790. The van der Waals surface area contributed by atoms with Crippen molar-refractivity contribution < 1.29 is 0 Å². The minimum absolute atomic E-state index is 0.703. The normalized spacial score (nSPS) is 11.7. The summed E-state index contributed by atoms with van der Waals surface area (Å²) in [6, 6.07) is 58.0. The molecule has 0 aliphatic heterocycles. The highest BCUT2D eigenvalue weighted by Crippen LogP contribution is 2.39. The fraction of sp³-hybridized carbons (Fsp3) is 0. The van der Waals surface area contributed by atoms with E-state index in [0.717, 1.165) is 49.6 Å². The molecule has 0 saturated carbocycles. The van der Waals surface area contributed by atoms with E-state index in [1.807, 2.05) is 6.07 Å². The summed E-state index contributed by atoms with van der Waals surface area (Å²) in [6.45, 7) is 0. The number of thiazole rings is 1. The van der Waals surface area contributed by atoms with Crippen molar-refractivity contribution in [1.82, 2.24) is 15.0 Å². The monoisotopic (exact) mass is 641 g/mol. The number of benzene rings is 8. The van der Waals surface area contributed by atoms with E-state index in [4.69, 9.17) is 15.0 Å². The molecule has 0 aliphatic carbocycles. The lowest BCUT2D eigenvalue weighted by atomic mass is 9.98. The second-order valence-corrected chi connectivity index (χ2v) is 13.5. The summed E-state index contributed by atoms with van der Waals surface area (Å²) < 4.78 is 1.19. The van der Waals surface area contributed by atoms with E-state index in [0.29, 0.717) is 5.82 Å². The number of rotatable bonds is 4. The Kier molecular flexibility index (Phi) is 6.36. The average molecular weight is 642 g/mol. The van der Waals surface area contributed by atoms with Crippen molar-refractivity contribution in [2.75, 3.05) is 0 Å². The molecule has 3 nitrogen and oxygen atoms in total. The molecular weight excluding hydrogens is 615 g/mol. The van der Waals surface area contributed by atoms with E-state index in [2.05, 4.69) is 158 Å². The maximum Gasteiger partial charge on any atom is 0.160 e. The van der Waals surface area contributed by atoms with Gasteiger partial charge in [-0.3, -0.25) is 0 Å². The first-order valence-electron chi connectivity index (χ1n) is 16.4. The van der Waals surface area contributed by atoms with Gasteiger partial charge in [0.05, 0.1) is 21.6 Å². The highest BCUT2D eigenvalue weighted by molar-refractivity contribution is 7.21. The molecule has 0 saturated heterocycles. The van der Waals surface area contributed by atoms with E-state index in [1.165, 1.54) is 42.4 Å². The van der Waals surface area contributed by atoms with Gasteiger partial charge in [-0.05, 0) is 68.0 Å². The van der Waals surface area contributed by atoms with Gasteiger partial charge >= 0.3 is 0 Å². The van der Waals surface area contributed by atoms with Gasteiger partial charge in [-0.15, -0.1) is 11.3 Å². The Hall–Kier alpha value is -6.23. The quantitative estimate of drug-likeness (QED) is 0.180. The zero-order valence-corrected chi connectivity index (χ0v) is 27.2. The molecule has 0 bridgehead atoms. The lowest BCUT2D eigenvalue weighted by molar-refractivity contribution is 1.19. The molecule has 0 fully saturated rings. The zero-order chi connectivity index (χ0) is 32.3. The molecule has 10 aromatic rings. The molecule has 8 aromatic carbocycles. The Balaban J connectivity index is 1.15. The van der Waals surface area contributed by atoms with Crippen molar-refractivity contribution >= 4 is 64.6 Å². The molecule has 10 rings (SSSR count). The van der Waals surface area contributed by atoms with Gasteiger partial charge in [-0.2, -0.15) is 0 Å². The highest BCUT2D eigenvalue weighted by Gasteiger charge is 2.15. The Morgan fingerprint density at radius 3 is 1.61 bits per heavy atom. The summed E-state index contributed by atoms with van der Waals surface area (Å²) in [4.78, 5) is 15.6. The molecule has 228 valence electrons. The number of hydrogen-bond donors (Lipinski definition) is 0. The third-order valence-corrected chi connectivity index (χ3v) is 10.5. The van der Waals surface area contributed by atoms with Gasteiger partial charge in [0, 0.05) is 27.6 Å². The van der Waals surface area contributed by atoms with Crippen LogP contribution in [0.4, 0.5) is 0 Å². The lowest BCUT2D eigenvalue weighted by Gasteiger charge is -2.12. The predicted molar refractivity (Wildman–Crippen MR) is 207 cm³/mol. The van der Waals surface area contributed by atoms with E-state index >= 15 is 0 Å². The van der Waals surface area contributed by atoms with Crippen LogP contribution in [0.1, 0.15) is 0 Å². The summed E-state index contributed by atoms with van der Waals surface area (Å²) in [5.74, 6) is 0.703. The third-order valence-electron chi connectivity index (χ3n) is 9.45. The number of fused-ring (bicyclic) bond motifs is 7. The number of hydrogen-bond acceptors (Lipinski definition) is 4. The number of nitrogens with zero attached hydrogens (tertiary/aromatic N) is 3. The first-order chi connectivity index (χ1) is 24.2. The fourth-order valence-corrected chi connectivity index (χ4v) is 7.93. The predicted octanol–water partition coefficient (Wildman–Crippen LogP) is 12.4. The Morgan fingerprint density at radius 2 is 0.918 bits per heavy atom. The highest BCUT2D eigenvalue weighted by atomic mass is 32.1. The zero-order valence-electron chi connectivity index (χ0n) is 26.3. The molecule has 49 heavy (non-hydrogen) atoms. The van der Waals surface area contributed by atoms with Crippen LogP contribution < -0.4 is 0 Å². The van der Waals surface area contributed by atoms with Crippen molar-refractivity contribution in [2.45, 2.75) is 0 Å². The van der Waals surface area contributed by atoms with Crippen molar-refractivity contribution in [2.24, 2.45) is 0 Å². The molecule has 0 aliphatic rings. The summed E-state index contributed by atoms with van der Waals surface area (Å²) in [7, 11) is 0. The molecule has 4 heteroatoms. The SMILES string of the molecule is c1ccc(-c2nc3c(ccc4ccc5cc(-c6nc(-c7ccc8ccccc8c7)cc(-c7ccc8ccccc8c7)n6)ccc5c43)s2)cc1. The molecule has 0 amide bonds. The largest absolute Gasteiger partial charge is 0.235 e. The van der Waals surface area contributed by atoms with Crippen LogP contribution in [0.15, 0.2) is 164 Å². The second-order valence-electron chi connectivity index (χ2n) is 12.5. The lowest BCUT2D eigenvalue weighted by Crippen LogP contribution is -1.96. The third kappa shape index (κ3) is 4.85. The molecule has 0 unspecified atom stereocenters. The van der Waals surface area contributed by atoms with Gasteiger partial charge in [0.25, 0.3) is 0 Å². The summed E-state index contributed by atoms with van der Waals surface area (Å²) in [5, 5.41) is 10.5. The smallest absolute Gasteiger partial charge is 0.160 e. The first kappa shape index (κ1) is 27.8. The van der Waals surface area contributed by atoms with Crippen molar-refractivity contribution in [1.29, 1.82) is 0 Å². The minimum atomic E-state index is 0.703. The van der Waals surface area contributed by atoms with Gasteiger partial charge in [0.1, 0.15) is 5.01 Å². The van der Waals surface area contributed by atoms with E-state index in [-0.39, 0.29) is 0 Å². The van der Waals surface area contributed by atoms with Gasteiger partial charge in [0.2, 0.25) is 0 Å². The van der Waals surface area contributed by atoms with Crippen LogP contribution in [-0.2, 0) is 0 Å². The van der Waals surface area contributed by atoms with Crippen molar-refractivity contribution in [3.05, 3.63) is 164 Å². The van der Waals surface area contributed by atoms with Gasteiger partial charge in [-0.25, -0.2) is 15.0 Å². The topological polar surface area (TPSA) is 38.7 Å². The molecule has 2 aromatic heterocycles. The van der Waals surface area contributed by atoms with Crippen molar-refractivity contribution in [3.63, 3.8) is 0 Å². The summed E-state index contributed by atoms with van der Waals surface area (Å²) >= 11 is 1.74. The van der Waals surface area contributed by atoms with Crippen LogP contribution in [-0.4, -0.2) is 15.0 Å². The van der Waals surface area contributed by atoms with Gasteiger partial charge in [0.15, 0.2) is 5.82 Å². The molecule has 0 radical (unpaired) electrons. The maximum atomic E-state index is 5.20. The van der Waals surface area contributed by atoms with Crippen LogP contribution in [0.3, 0.4) is 0 Å². The molecule has 0 atom stereocenters. The molecule has 2 heterocycles. The summed E-state index contributed by atoms with van der Waals surface area (Å²) in [5.41, 5.74) is 7.10. The Morgan fingerprint density at radius 1 is 0.367 bits per heavy atom.